The highest BCUT2D eigenvalue weighted by molar-refractivity contribution is 6.02. The molecule has 1 amide bonds. The van der Waals surface area contributed by atoms with Gasteiger partial charge in [-0.3, -0.25) is 9.59 Å². The quantitative estimate of drug-likeness (QED) is 0.815. The van der Waals surface area contributed by atoms with E-state index >= 15 is 0 Å². The molecule has 2 aromatic rings. The second-order valence-corrected chi connectivity index (χ2v) is 6.22. The number of amides is 1. The third-order valence-electron chi connectivity index (χ3n) is 4.24. The summed E-state index contributed by atoms with van der Waals surface area (Å²) in [5, 5.41) is 8.89. The summed E-state index contributed by atoms with van der Waals surface area (Å²) in [5.41, 5.74) is 4.06. The maximum Gasteiger partial charge on any atom is 0.270 e. The van der Waals surface area contributed by atoms with Gasteiger partial charge in [0.05, 0.1) is 11.6 Å². The molecular formula is C20H23N3O2. The number of aromatic nitrogens is 1. The molecule has 1 N–H and O–H groups in total. The molecule has 0 radical (unpaired) electrons. The van der Waals surface area contributed by atoms with Crippen LogP contribution in [0.2, 0.25) is 0 Å². The first-order valence-electron chi connectivity index (χ1n) is 8.37. The number of benzene rings is 1. The van der Waals surface area contributed by atoms with Crippen LogP contribution in [0, 0.1) is 25.2 Å². The summed E-state index contributed by atoms with van der Waals surface area (Å²) >= 11 is 0. The Kier molecular flexibility index (Phi) is 5.76. The molecule has 130 valence electrons. The molecular weight excluding hydrogens is 314 g/mol. The minimum Gasteiger partial charge on any atom is -0.354 e. The van der Waals surface area contributed by atoms with E-state index in [1.165, 1.54) is 6.92 Å². The van der Waals surface area contributed by atoms with Crippen molar-refractivity contribution in [2.24, 2.45) is 0 Å². The van der Waals surface area contributed by atoms with Crippen LogP contribution < -0.4 is 0 Å². The average molecular weight is 337 g/mol. The van der Waals surface area contributed by atoms with Gasteiger partial charge in [-0.1, -0.05) is 19.1 Å². The van der Waals surface area contributed by atoms with Crippen LogP contribution in [-0.4, -0.2) is 28.1 Å². The number of aromatic amines is 1. The number of hydrogen-bond donors (Lipinski definition) is 1. The van der Waals surface area contributed by atoms with Crippen molar-refractivity contribution in [1.82, 2.24) is 9.88 Å². The normalized spacial score (nSPS) is 10.4. The van der Waals surface area contributed by atoms with E-state index in [1.54, 1.807) is 24.0 Å². The summed E-state index contributed by atoms with van der Waals surface area (Å²) in [5.74, 6) is -0.154. The molecule has 0 bridgehead atoms. The fourth-order valence-electron chi connectivity index (χ4n) is 3.08. The zero-order valence-electron chi connectivity index (χ0n) is 15.1. The number of aryl methyl sites for hydroxylation is 1. The fourth-order valence-corrected chi connectivity index (χ4v) is 3.08. The Balaban J connectivity index is 2.30. The van der Waals surface area contributed by atoms with Crippen LogP contribution in [0.15, 0.2) is 24.3 Å². The molecule has 0 atom stereocenters. The highest BCUT2D eigenvalue weighted by atomic mass is 16.2. The Morgan fingerprint density at radius 3 is 2.32 bits per heavy atom. The second-order valence-electron chi connectivity index (χ2n) is 6.22. The molecule has 0 saturated carbocycles. The molecule has 1 aromatic heterocycles. The molecule has 1 heterocycles. The monoisotopic (exact) mass is 337 g/mol. The molecule has 0 aliphatic rings. The van der Waals surface area contributed by atoms with Crippen LogP contribution in [-0.2, 0) is 6.54 Å². The predicted molar refractivity (Wildman–Crippen MR) is 96.5 cm³/mol. The average Bonchev–Trinajstić information content (AvgIpc) is 2.89. The largest absolute Gasteiger partial charge is 0.354 e. The first-order valence-corrected chi connectivity index (χ1v) is 8.37. The number of H-pyrrole nitrogens is 1. The molecule has 25 heavy (non-hydrogen) atoms. The molecule has 0 saturated heterocycles. The number of nitrogens with zero attached hydrogens (tertiary/aromatic N) is 2. The van der Waals surface area contributed by atoms with Crippen molar-refractivity contribution in [2.45, 2.75) is 40.7 Å². The molecule has 2 rings (SSSR count). The van der Waals surface area contributed by atoms with Crippen molar-refractivity contribution in [3.8, 4) is 6.07 Å². The van der Waals surface area contributed by atoms with Gasteiger partial charge in [-0.2, -0.15) is 5.26 Å². The van der Waals surface area contributed by atoms with E-state index in [0.29, 0.717) is 35.5 Å². The van der Waals surface area contributed by atoms with Gasteiger partial charge in [-0.15, -0.1) is 0 Å². The van der Waals surface area contributed by atoms with Crippen LogP contribution in [0.4, 0.5) is 0 Å². The van der Waals surface area contributed by atoms with Crippen molar-refractivity contribution in [3.63, 3.8) is 0 Å². The Morgan fingerprint density at radius 2 is 1.84 bits per heavy atom. The number of carbonyl (C=O) groups is 2. The van der Waals surface area contributed by atoms with Crippen molar-refractivity contribution in [3.05, 3.63) is 57.9 Å². The Labute approximate surface area is 148 Å². The van der Waals surface area contributed by atoms with Gasteiger partial charge in [-0.25, -0.2) is 0 Å². The van der Waals surface area contributed by atoms with Crippen LogP contribution in [0.1, 0.15) is 63.5 Å². The lowest BCUT2D eigenvalue weighted by atomic mass is 10.1. The molecule has 5 heteroatoms. The van der Waals surface area contributed by atoms with Gasteiger partial charge < -0.3 is 9.88 Å². The van der Waals surface area contributed by atoms with Gasteiger partial charge in [0.1, 0.15) is 5.69 Å². The lowest BCUT2D eigenvalue weighted by molar-refractivity contribution is 0.0737. The van der Waals surface area contributed by atoms with Crippen molar-refractivity contribution in [2.75, 3.05) is 6.54 Å². The molecule has 5 nitrogen and oxygen atoms in total. The Morgan fingerprint density at radius 1 is 1.20 bits per heavy atom. The second kappa shape index (κ2) is 7.80. The summed E-state index contributed by atoms with van der Waals surface area (Å²) in [6, 6.07) is 9.32. The number of nitrogens with one attached hydrogen (secondary N) is 1. The van der Waals surface area contributed by atoms with E-state index < -0.39 is 0 Å². The summed E-state index contributed by atoms with van der Waals surface area (Å²) in [6.07, 6.45) is 0.834. The van der Waals surface area contributed by atoms with Crippen molar-refractivity contribution in [1.29, 1.82) is 5.26 Å². The van der Waals surface area contributed by atoms with Crippen LogP contribution in [0.5, 0.6) is 0 Å². The van der Waals surface area contributed by atoms with E-state index in [9.17, 15) is 9.59 Å². The molecule has 0 aliphatic carbocycles. The number of rotatable bonds is 6. The lowest BCUT2D eigenvalue weighted by Gasteiger charge is -2.22. The number of ketones is 1. The smallest absolute Gasteiger partial charge is 0.270 e. The number of carbonyl (C=O) groups excluding carboxylic acids is 2. The van der Waals surface area contributed by atoms with Crippen LogP contribution in [0.3, 0.4) is 0 Å². The highest BCUT2D eigenvalue weighted by Gasteiger charge is 2.23. The van der Waals surface area contributed by atoms with Crippen molar-refractivity contribution >= 4 is 11.7 Å². The third-order valence-corrected chi connectivity index (χ3v) is 4.24. The summed E-state index contributed by atoms with van der Waals surface area (Å²) in [4.78, 5) is 29.7. The molecule has 0 unspecified atom stereocenters. The zero-order valence-corrected chi connectivity index (χ0v) is 15.1. The SMILES string of the molecule is CCCN(Cc1ccc(C#N)cc1)C(=O)c1[nH]c(C)c(C(C)=O)c1C. The van der Waals surface area contributed by atoms with Crippen molar-refractivity contribution < 1.29 is 9.59 Å². The van der Waals surface area contributed by atoms with E-state index in [1.807, 2.05) is 26.0 Å². The number of Topliss-reactive ketones (excluding diaryl/α,β-unsaturated/α-hetero) is 1. The van der Waals surface area contributed by atoms with E-state index in [0.717, 1.165) is 17.7 Å². The highest BCUT2D eigenvalue weighted by Crippen LogP contribution is 2.21. The molecule has 0 fully saturated rings. The summed E-state index contributed by atoms with van der Waals surface area (Å²) in [7, 11) is 0. The standard InChI is InChI=1S/C20H23N3O2/c1-5-10-23(12-17-8-6-16(11-21)7-9-17)20(25)19-13(2)18(15(4)24)14(3)22-19/h6-9,22H,5,10,12H2,1-4H3. The van der Waals surface area contributed by atoms with Gasteiger partial charge in [0, 0.05) is 24.3 Å². The van der Waals surface area contributed by atoms with Crippen LogP contribution in [0.25, 0.3) is 0 Å². The van der Waals surface area contributed by atoms with Gasteiger partial charge in [-0.05, 0) is 50.5 Å². The topological polar surface area (TPSA) is 77.0 Å². The first kappa shape index (κ1) is 18.5. The minimum atomic E-state index is -0.112. The van der Waals surface area contributed by atoms with Gasteiger partial charge >= 0.3 is 0 Å². The molecule has 0 spiro atoms. The maximum absolute atomic E-state index is 13.0. The number of hydrogen-bond acceptors (Lipinski definition) is 3. The first-order chi connectivity index (χ1) is 11.9. The third kappa shape index (κ3) is 3.97. The summed E-state index contributed by atoms with van der Waals surface area (Å²) < 4.78 is 0. The van der Waals surface area contributed by atoms with Crippen LogP contribution >= 0.6 is 0 Å². The van der Waals surface area contributed by atoms with E-state index in [4.69, 9.17) is 5.26 Å². The van der Waals surface area contributed by atoms with E-state index in [-0.39, 0.29) is 11.7 Å². The number of nitriles is 1. The minimum absolute atomic E-state index is 0.0422. The summed E-state index contributed by atoms with van der Waals surface area (Å²) in [6.45, 7) is 8.23. The Bertz CT molecular complexity index is 826. The zero-order chi connectivity index (χ0) is 18.6. The Hall–Kier alpha value is -2.87. The van der Waals surface area contributed by atoms with Gasteiger partial charge in [0.25, 0.3) is 5.91 Å². The fraction of sp³-hybridized carbons (Fsp3) is 0.350. The predicted octanol–water partition coefficient (Wildman–Crippen LogP) is 3.76. The van der Waals surface area contributed by atoms with Gasteiger partial charge in [0.2, 0.25) is 0 Å². The lowest BCUT2D eigenvalue weighted by Crippen LogP contribution is -2.32. The molecule has 0 aliphatic heterocycles. The molecule has 1 aromatic carbocycles. The van der Waals surface area contributed by atoms with E-state index in [2.05, 4.69) is 11.1 Å². The van der Waals surface area contributed by atoms with Gasteiger partial charge in [0.15, 0.2) is 5.78 Å². The maximum atomic E-state index is 13.0.